The predicted octanol–water partition coefficient (Wildman–Crippen LogP) is 1.06. The van der Waals surface area contributed by atoms with Gasteiger partial charge >= 0.3 is 149 Å². The summed E-state index contributed by atoms with van der Waals surface area (Å²) in [5, 5.41) is 0. The van der Waals surface area contributed by atoms with Gasteiger partial charge in [0.1, 0.15) is 0 Å². The van der Waals surface area contributed by atoms with Crippen LogP contribution in [0.5, 0.6) is 0 Å². The van der Waals surface area contributed by atoms with Gasteiger partial charge in [0, 0.05) is 0 Å². The third-order valence-electron chi connectivity index (χ3n) is 3.87. The predicted molar refractivity (Wildman–Crippen MR) is 90.9 cm³/mol. The summed E-state index contributed by atoms with van der Waals surface area (Å²) < 4.78 is 30.6. The summed E-state index contributed by atoms with van der Waals surface area (Å²) in [6.45, 7) is 0. The van der Waals surface area contributed by atoms with E-state index in [1.807, 2.05) is 24.3 Å². The molecule has 8 heteroatoms. The fourth-order valence-electron chi connectivity index (χ4n) is 2.69. The summed E-state index contributed by atoms with van der Waals surface area (Å²) in [6.07, 6.45) is 0.0739. The Bertz CT molecular complexity index is 844. The Morgan fingerprint density at radius 2 is 1.58 bits per heavy atom. The van der Waals surface area contributed by atoms with Gasteiger partial charge in [-0.1, -0.05) is 0 Å². The van der Waals surface area contributed by atoms with Crippen LogP contribution in [0, 0.1) is 0 Å². The number of benzene rings is 2. The van der Waals surface area contributed by atoms with Gasteiger partial charge in [-0.05, 0) is 0 Å². The molecule has 0 bridgehead atoms. The van der Waals surface area contributed by atoms with Gasteiger partial charge in [0.25, 0.3) is 0 Å². The average Bonchev–Trinajstić information content (AvgIpc) is 2.83. The number of hydrogen-bond donors (Lipinski definition) is 2. The van der Waals surface area contributed by atoms with E-state index in [9.17, 15) is 21.5 Å². The van der Waals surface area contributed by atoms with Crippen molar-refractivity contribution in [2.45, 2.75) is 12.5 Å². The minimum atomic E-state index is -4.98. The van der Waals surface area contributed by atoms with Crippen LogP contribution in [0.3, 0.4) is 0 Å². The maximum atomic E-state index is 12.3. The van der Waals surface area contributed by atoms with Crippen molar-refractivity contribution in [1.82, 2.24) is 0 Å². The van der Waals surface area contributed by atoms with Crippen LogP contribution < -0.4 is 9.25 Å². The Morgan fingerprint density at radius 3 is 2.12 bits per heavy atom. The molecule has 1 unspecified atom stereocenters. The second kappa shape index (κ2) is 6.33. The van der Waals surface area contributed by atoms with Crippen LogP contribution in [0.2, 0.25) is 0 Å². The summed E-state index contributed by atoms with van der Waals surface area (Å²) in [5.41, 5.74) is 1.26. The van der Waals surface area contributed by atoms with E-state index in [0.717, 1.165) is 10.0 Å². The van der Waals surface area contributed by atoms with Gasteiger partial charge in [0.05, 0.1) is 0 Å². The van der Waals surface area contributed by atoms with E-state index in [0.29, 0.717) is 5.69 Å². The molecule has 1 saturated heterocycles. The van der Waals surface area contributed by atoms with Gasteiger partial charge in [0.15, 0.2) is 0 Å². The third kappa shape index (κ3) is 3.26. The van der Waals surface area contributed by atoms with Gasteiger partial charge in [-0.2, -0.15) is 0 Å². The second-order valence-corrected chi connectivity index (χ2v) is 9.71. The van der Waals surface area contributed by atoms with E-state index < -0.39 is 31.9 Å². The number of ketones is 1. The fraction of sp³-hybridized carbons (Fsp3) is 0.125. The molecule has 1 fully saturated rings. The molecule has 2 aromatic carbocycles. The Balaban J connectivity index is 1.99. The Morgan fingerprint density at radius 1 is 1.00 bits per heavy atom. The molecule has 1 aliphatic heterocycles. The van der Waals surface area contributed by atoms with Crippen LogP contribution in [0.15, 0.2) is 53.0 Å². The van der Waals surface area contributed by atoms with Crippen LogP contribution in [0.4, 0.5) is 5.69 Å². The molecule has 1 heterocycles. The molecule has 1 atom stereocenters. The van der Waals surface area contributed by atoms with E-state index in [-0.39, 0.29) is 10.8 Å². The van der Waals surface area contributed by atoms with Gasteiger partial charge in [-0.15, -0.1) is 0 Å². The molecular weight excluding hydrogens is 441 g/mol. The van der Waals surface area contributed by atoms with Crippen LogP contribution >= 0.6 is 15.9 Å². The molecule has 1 amide bonds. The topological polar surface area (TPSA) is 94.9 Å². The number of nitrogens with zero attached hydrogens (tertiary/aromatic N) is 1. The number of halogens is 1. The van der Waals surface area contributed by atoms with E-state index in [1.165, 1.54) is 29.2 Å². The first-order valence-corrected chi connectivity index (χ1v) is 11.2. The van der Waals surface area contributed by atoms with Gasteiger partial charge in [-0.3, -0.25) is 0 Å². The number of Topliss-reactive ketones (excluding diaryl/α,β-unsaturated/α-hetero) is 1. The molecule has 2 N–H and O–H groups in total. The van der Waals surface area contributed by atoms with Crippen LogP contribution in [0.25, 0.3) is 0 Å². The van der Waals surface area contributed by atoms with E-state index in [2.05, 4.69) is 15.9 Å². The number of carbonyl (C=O) groups excluding carboxylic acids is 2. The van der Waals surface area contributed by atoms with Crippen molar-refractivity contribution < 1.29 is 21.5 Å². The fourth-order valence-corrected chi connectivity index (χ4v) is 4.08. The van der Waals surface area contributed by atoms with Gasteiger partial charge in [-0.25, -0.2) is 0 Å². The Labute approximate surface area is 149 Å². The zero-order valence-corrected chi connectivity index (χ0v) is 15.8. The Kier molecular flexibility index (Phi) is 4.53. The molecule has 0 aliphatic carbocycles. The van der Waals surface area contributed by atoms with E-state index in [4.69, 9.17) is 0 Å². The van der Waals surface area contributed by atoms with Crippen molar-refractivity contribution >= 4 is 51.8 Å². The minimum absolute atomic E-state index is 0.0739. The molecule has 24 heavy (non-hydrogen) atoms. The quantitative estimate of drug-likeness (QED) is 0.535. The average molecular weight is 454 g/mol. The maximum absolute atomic E-state index is 12.3. The monoisotopic (exact) mass is 453 g/mol. The molecule has 6 nitrogen and oxygen atoms in total. The molecule has 0 radical (unpaired) electrons. The Hall–Kier alpha value is -1.66. The molecule has 124 valence electrons. The van der Waals surface area contributed by atoms with Gasteiger partial charge < -0.3 is 0 Å². The summed E-state index contributed by atoms with van der Waals surface area (Å²) in [6, 6.07) is 12.4. The molecular formula is C16H13AsBrNO5. The molecule has 3 rings (SSSR count). The van der Waals surface area contributed by atoms with Crippen molar-refractivity contribution in [3.05, 3.63) is 58.6 Å². The van der Waals surface area contributed by atoms with Crippen LogP contribution in [-0.2, 0) is 13.3 Å². The summed E-state index contributed by atoms with van der Waals surface area (Å²) in [5.74, 6) is -1.09. The molecule has 1 aliphatic rings. The molecule has 0 spiro atoms. The van der Waals surface area contributed by atoms with Crippen LogP contribution in [-0.4, -0.2) is 34.1 Å². The van der Waals surface area contributed by atoms with Crippen molar-refractivity contribution in [3.63, 3.8) is 0 Å². The number of hydrogen-bond acceptors (Lipinski definition) is 3. The zero-order chi connectivity index (χ0) is 17.5. The van der Waals surface area contributed by atoms with Crippen LogP contribution in [0.1, 0.15) is 18.0 Å². The SMILES string of the molecule is O=C1CC(c2ccc(Br)cc2)N(c2ccc([As](=O)(O)O)cc2)C1=O. The molecule has 0 saturated carbocycles. The first kappa shape index (κ1) is 17.2. The number of amides is 1. The number of anilines is 1. The first-order valence-electron chi connectivity index (χ1n) is 7.05. The van der Waals surface area contributed by atoms with Gasteiger partial charge in [0.2, 0.25) is 0 Å². The molecule has 2 aromatic rings. The number of rotatable bonds is 3. The van der Waals surface area contributed by atoms with Crippen molar-refractivity contribution in [2.24, 2.45) is 0 Å². The summed E-state index contributed by atoms with van der Waals surface area (Å²) in [7, 11) is 0. The van der Waals surface area contributed by atoms with E-state index in [1.54, 1.807) is 0 Å². The zero-order valence-electron chi connectivity index (χ0n) is 12.3. The third-order valence-corrected chi connectivity index (χ3v) is 6.43. The van der Waals surface area contributed by atoms with E-state index >= 15 is 0 Å². The summed E-state index contributed by atoms with van der Waals surface area (Å²) >= 11 is -1.64. The first-order chi connectivity index (χ1) is 11.3. The van der Waals surface area contributed by atoms with Crippen molar-refractivity contribution in [1.29, 1.82) is 0 Å². The second-order valence-electron chi connectivity index (χ2n) is 5.43. The summed E-state index contributed by atoms with van der Waals surface area (Å²) in [4.78, 5) is 25.5. The standard InChI is InChI=1S/C16H13AsBrNO5/c18-12-5-1-10(2-6-12)14-9-15(20)16(21)19(14)13-7-3-11(4-8-13)17(22,23)24/h1-8,14H,9H2,(H2,22,23,24). The van der Waals surface area contributed by atoms with Crippen molar-refractivity contribution in [2.75, 3.05) is 4.90 Å². The molecule has 0 aromatic heterocycles. The van der Waals surface area contributed by atoms with Crippen molar-refractivity contribution in [3.8, 4) is 0 Å². The normalized spacial score (nSPS) is 18.3. The number of carbonyl (C=O) groups is 2.